The molecule has 5 atom stereocenters. The van der Waals surface area contributed by atoms with Gasteiger partial charge in [-0.2, -0.15) is 0 Å². The van der Waals surface area contributed by atoms with Gasteiger partial charge in [-0.3, -0.25) is 0 Å². The molecule has 1 fully saturated rings. The minimum absolute atomic E-state index is 0.197. The third-order valence-corrected chi connectivity index (χ3v) is 14.3. The third-order valence-electron chi connectivity index (χ3n) is 9.30. The number of aliphatic hydroxyl groups is 1. The van der Waals surface area contributed by atoms with E-state index < -0.39 is 39.0 Å². The summed E-state index contributed by atoms with van der Waals surface area (Å²) in [5, 5.41) is 13.9. The number of rotatable bonds is 14. The highest BCUT2D eigenvalue weighted by Crippen LogP contribution is 2.40. The van der Waals surface area contributed by atoms with Crippen LogP contribution in [0.2, 0.25) is 5.04 Å². The van der Waals surface area contributed by atoms with E-state index in [1.165, 1.54) is 0 Å². The standard InChI is InChI=1S/C43H48O6Si/c1-43(2,3)50(36-25-15-7-16-26-36,37-27-17-8-18-28-37)49-41-40(47-31-35-23-13-6-14-24-35)39(46-30-34-21-11-5-12-22-34)38(48-42(41)44)32-45-29-33-19-9-4-10-20-33/h4-28,38-42,44H,29-32H2,1-3H3/t38-,39+,40-,41-,42?/m0/s1. The molecule has 1 aliphatic rings. The monoisotopic (exact) mass is 688 g/mol. The fraction of sp³-hybridized carbons (Fsp3) is 0.302. The second-order valence-corrected chi connectivity index (χ2v) is 18.1. The number of aliphatic hydroxyl groups excluding tert-OH is 1. The molecule has 0 saturated carbocycles. The lowest BCUT2D eigenvalue weighted by atomic mass is 9.98. The van der Waals surface area contributed by atoms with Crippen molar-refractivity contribution in [2.24, 2.45) is 0 Å². The maximum Gasteiger partial charge on any atom is 0.261 e. The van der Waals surface area contributed by atoms with E-state index in [4.69, 9.17) is 23.4 Å². The SMILES string of the molecule is CC(C)(C)[Si](O[C@@H]1C(O)O[C@@H](COCc2ccccc2)[C@@H](OCc2ccccc2)[C@@H]1OCc1ccccc1)(c1ccccc1)c1ccccc1. The van der Waals surface area contributed by atoms with E-state index in [-0.39, 0.29) is 11.6 Å². The van der Waals surface area contributed by atoms with Crippen molar-refractivity contribution >= 4 is 18.7 Å². The normalized spacial score (nSPS) is 21.2. The average molecular weight is 689 g/mol. The van der Waals surface area contributed by atoms with Crippen LogP contribution in [0.1, 0.15) is 37.5 Å². The lowest BCUT2D eigenvalue weighted by molar-refractivity contribution is -0.303. The Balaban J connectivity index is 1.40. The van der Waals surface area contributed by atoms with E-state index >= 15 is 0 Å². The Morgan fingerprint density at radius 2 is 0.940 bits per heavy atom. The number of benzene rings is 5. The minimum Gasteiger partial charge on any atom is -0.396 e. The maximum absolute atomic E-state index is 12.0. The topological polar surface area (TPSA) is 66.4 Å². The molecule has 6 nitrogen and oxygen atoms in total. The van der Waals surface area contributed by atoms with Gasteiger partial charge in [0, 0.05) is 0 Å². The van der Waals surface area contributed by atoms with Crippen molar-refractivity contribution in [1.29, 1.82) is 0 Å². The van der Waals surface area contributed by atoms with Crippen LogP contribution in [-0.2, 0) is 43.2 Å². The van der Waals surface area contributed by atoms with Crippen molar-refractivity contribution in [3.63, 3.8) is 0 Å². The van der Waals surface area contributed by atoms with Gasteiger partial charge in [-0.1, -0.05) is 172 Å². The third kappa shape index (κ3) is 8.50. The van der Waals surface area contributed by atoms with E-state index in [9.17, 15) is 5.11 Å². The number of hydrogen-bond acceptors (Lipinski definition) is 6. The fourth-order valence-electron chi connectivity index (χ4n) is 6.84. The summed E-state index contributed by atoms with van der Waals surface area (Å²) in [5.41, 5.74) is 3.08. The molecule has 0 spiro atoms. The number of ether oxygens (including phenoxy) is 4. The second kappa shape index (κ2) is 16.9. The van der Waals surface area contributed by atoms with E-state index in [1.54, 1.807) is 0 Å². The molecule has 5 aromatic carbocycles. The molecule has 1 N–H and O–H groups in total. The molecule has 7 heteroatoms. The molecule has 0 radical (unpaired) electrons. The predicted octanol–water partition coefficient (Wildman–Crippen LogP) is 7.04. The molecule has 260 valence electrons. The van der Waals surface area contributed by atoms with Gasteiger partial charge in [0.1, 0.15) is 24.4 Å². The first-order valence-electron chi connectivity index (χ1n) is 17.4. The van der Waals surface area contributed by atoms with Crippen molar-refractivity contribution in [2.75, 3.05) is 6.61 Å². The summed E-state index contributed by atoms with van der Waals surface area (Å²) in [5.74, 6) is 0. The van der Waals surface area contributed by atoms with Crippen LogP contribution in [0.3, 0.4) is 0 Å². The molecular formula is C43H48O6Si. The van der Waals surface area contributed by atoms with Crippen molar-refractivity contribution in [3.8, 4) is 0 Å². The van der Waals surface area contributed by atoms with Crippen molar-refractivity contribution in [1.82, 2.24) is 0 Å². The van der Waals surface area contributed by atoms with Crippen LogP contribution in [0.5, 0.6) is 0 Å². The van der Waals surface area contributed by atoms with Crippen LogP contribution in [0.25, 0.3) is 0 Å². The van der Waals surface area contributed by atoms with E-state index in [0.29, 0.717) is 19.8 Å². The first-order valence-corrected chi connectivity index (χ1v) is 19.3. The zero-order valence-corrected chi connectivity index (χ0v) is 30.1. The Kier molecular flexibility index (Phi) is 12.1. The summed E-state index contributed by atoms with van der Waals surface area (Å²) in [7, 11) is -3.14. The summed E-state index contributed by atoms with van der Waals surface area (Å²) in [4.78, 5) is 0. The Morgan fingerprint density at radius 3 is 1.38 bits per heavy atom. The highest BCUT2D eigenvalue weighted by Gasteiger charge is 2.56. The summed E-state index contributed by atoms with van der Waals surface area (Å²) in [6.45, 7) is 7.90. The number of hydrogen-bond donors (Lipinski definition) is 1. The van der Waals surface area contributed by atoms with Crippen LogP contribution >= 0.6 is 0 Å². The quantitative estimate of drug-likeness (QED) is 0.126. The molecule has 1 unspecified atom stereocenters. The highest BCUT2D eigenvalue weighted by atomic mass is 28.4. The van der Waals surface area contributed by atoms with Crippen LogP contribution < -0.4 is 10.4 Å². The zero-order chi connectivity index (χ0) is 34.8. The lowest BCUT2D eigenvalue weighted by Gasteiger charge is -2.50. The van der Waals surface area contributed by atoms with Crippen LogP contribution in [0.4, 0.5) is 0 Å². The molecule has 5 aromatic rings. The van der Waals surface area contributed by atoms with Crippen molar-refractivity contribution in [2.45, 2.75) is 76.3 Å². The first-order chi connectivity index (χ1) is 24.3. The van der Waals surface area contributed by atoms with Gasteiger partial charge in [0.15, 0.2) is 6.29 Å². The Labute approximate surface area is 297 Å². The molecule has 1 saturated heterocycles. The summed E-state index contributed by atoms with van der Waals surface area (Å²) >= 11 is 0. The highest BCUT2D eigenvalue weighted by molar-refractivity contribution is 6.99. The summed E-state index contributed by atoms with van der Waals surface area (Å²) in [6, 6.07) is 51.0. The molecule has 0 aromatic heterocycles. The molecule has 1 aliphatic heterocycles. The van der Waals surface area contributed by atoms with Crippen molar-refractivity contribution in [3.05, 3.63) is 168 Å². The van der Waals surface area contributed by atoms with Gasteiger partial charge >= 0.3 is 0 Å². The van der Waals surface area contributed by atoms with Crippen LogP contribution in [0.15, 0.2) is 152 Å². The minimum atomic E-state index is -3.14. The van der Waals surface area contributed by atoms with Crippen LogP contribution in [-0.4, -0.2) is 50.7 Å². The molecule has 1 heterocycles. The molecule has 0 aliphatic carbocycles. The van der Waals surface area contributed by atoms with E-state index in [0.717, 1.165) is 27.1 Å². The zero-order valence-electron chi connectivity index (χ0n) is 29.1. The molecule has 0 amide bonds. The Morgan fingerprint density at radius 1 is 0.540 bits per heavy atom. The van der Waals surface area contributed by atoms with Gasteiger partial charge < -0.3 is 28.5 Å². The van der Waals surface area contributed by atoms with Gasteiger partial charge in [-0.05, 0) is 32.1 Å². The van der Waals surface area contributed by atoms with Crippen LogP contribution in [0, 0.1) is 0 Å². The lowest BCUT2D eigenvalue weighted by Crippen LogP contribution is -2.72. The molecule has 0 bridgehead atoms. The Hall–Kier alpha value is -3.92. The van der Waals surface area contributed by atoms with Gasteiger partial charge in [0.05, 0.1) is 26.4 Å². The average Bonchev–Trinajstić information content (AvgIpc) is 3.15. The predicted molar refractivity (Wildman–Crippen MR) is 200 cm³/mol. The van der Waals surface area contributed by atoms with E-state index in [2.05, 4.69) is 69.3 Å². The second-order valence-electron chi connectivity index (χ2n) is 13.8. The molecular weight excluding hydrogens is 641 g/mol. The maximum atomic E-state index is 12.0. The van der Waals surface area contributed by atoms with E-state index in [1.807, 2.05) is 103 Å². The smallest absolute Gasteiger partial charge is 0.261 e. The van der Waals surface area contributed by atoms with Gasteiger partial charge in [-0.15, -0.1) is 0 Å². The largest absolute Gasteiger partial charge is 0.396 e. The van der Waals surface area contributed by atoms with Gasteiger partial charge in [0.25, 0.3) is 8.32 Å². The summed E-state index contributed by atoms with van der Waals surface area (Å²) < 4.78 is 33.9. The van der Waals surface area contributed by atoms with Gasteiger partial charge in [-0.25, -0.2) is 0 Å². The Bertz CT molecular complexity index is 1660. The van der Waals surface area contributed by atoms with Crippen molar-refractivity contribution < 1.29 is 28.5 Å². The molecule has 50 heavy (non-hydrogen) atoms. The molecule has 6 rings (SSSR count). The first kappa shape index (κ1) is 35.9. The fourth-order valence-corrected chi connectivity index (χ4v) is 11.5. The van der Waals surface area contributed by atoms with Gasteiger partial charge in [0.2, 0.25) is 0 Å². The summed E-state index contributed by atoms with van der Waals surface area (Å²) in [6.07, 6.45) is -4.14.